The molecule has 1 atom stereocenters. The van der Waals surface area contributed by atoms with E-state index in [0.717, 1.165) is 37.1 Å². The average molecular weight is 403 g/mol. The first-order valence-corrected chi connectivity index (χ1v) is 10.3. The van der Waals surface area contributed by atoms with Crippen LogP contribution in [0.2, 0.25) is 0 Å². The minimum absolute atomic E-state index is 0.149. The van der Waals surface area contributed by atoms with Crippen molar-refractivity contribution in [2.75, 3.05) is 13.2 Å². The fourth-order valence-corrected chi connectivity index (χ4v) is 3.80. The Hall–Kier alpha value is -3.41. The summed E-state index contributed by atoms with van der Waals surface area (Å²) in [7, 11) is 0. The monoisotopic (exact) mass is 403 g/mol. The van der Waals surface area contributed by atoms with Gasteiger partial charge in [-0.15, -0.1) is 0 Å². The number of piperidine rings is 1. The van der Waals surface area contributed by atoms with Crippen LogP contribution in [0.5, 0.6) is 0 Å². The molecule has 0 unspecified atom stereocenters. The number of likely N-dealkylation sites (tertiary alicyclic amines) is 1. The smallest absolute Gasteiger partial charge is 0.357 e. The van der Waals surface area contributed by atoms with Crippen LogP contribution >= 0.6 is 0 Å². The van der Waals surface area contributed by atoms with Crippen molar-refractivity contribution >= 4 is 11.9 Å². The van der Waals surface area contributed by atoms with Crippen molar-refractivity contribution in [1.29, 1.82) is 0 Å². The van der Waals surface area contributed by atoms with Gasteiger partial charge in [-0.1, -0.05) is 48.5 Å². The van der Waals surface area contributed by atoms with E-state index in [-0.39, 0.29) is 18.6 Å². The maximum Gasteiger partial charge on any atom is 0.357 e. The van der Waals surface area contributed by atoms with E-state index in [1.54, 1.807) is 15.6 Å². The maximum absolute atomic E-state index is 12.9. The number of para-hydroxylation sites is 1. The van der Waals surface area contributed by atoms with Gasteiger partial charge >= 0.3 is 5.97 Å². The highest BCUT2D eigenvalue weighted by Gasteiger charge is 2.25. The first-order valence-electron chi connectivity index (χ1n) is 10.3. The third-order valence-electron chi connectivity index (χ3n) is 5.44. The number of hydrogen-bond donors (Lipinski definition) is 0. The van der Waals surface area contributed by atoms with E-state index < -0.39 is 5.97 Å². The molecule has 0 N–H and O–H groups in total. The van der Waals surface area contributed by atoms with Gasteiger partial charge in [0.15, 0.2) is 12.3 Å². The summed E-state index contributed by atoms with van der Waals surface area (Å²) in [6.45, 7) is 2.50. The summed E-state index contributed by atoms with van der Waals surface area (Å²) in [6.07, 6.45) is 3.11. The van der Waals surface area contributed by atoms with Crippen LogP contribution in [0.3, 0.4) is 0 Å². The first-order chi connectivity index (χ1) is 14.6. The zero-order valence-electron chi connectivity index (χ0n) is 17.0. The third-order valence-corrected chi connectivity index (χ3v) is 5.44. The minimum Gasteiger partial charge on any atom is -0.451 e. The largest absolute Gasteiger partial charge is 0.451 e. The van der Waals surface area contributed by atoms with Crippen LogP contribution in [0.15, 0.2) is 66.7 Å². The van der Waals surface area contributed by atoms with Crippen molar-refractivity contribution in [2.45, 2.75) is 32.2 Å². The molecule has 4 rings (SSSR count). The van der Waals surface area contributed by atoms with Crippen molar-refractivity contribution < 1.29 is 14.3 Å². The van der Waals surface area contributed by atoms with Crippen LogP contribution < -0.4 is 0 Å². The second kappa shape index (κ2) is 8.95. The molecule has 2 aromatic carbocycles. The Morgan fingerprint density at radius 3 is 2.43 bits per heavy atom. The Bertz CT molecular complexity index is 1010. The number of carbonyl (C=O) groups excluding carboxylic acids is 2. The topological polar surface area (TPSA) is 64.4 Å². The molecule has 0 aliphatic carbocycles. The lowest BCUT2D eigenvalue weighted by Crippen LogP contribution is -2.44. The molecule has 154 valence electrons. The molecular weight excluding hydrogens is 378 g/mol. The normalized spacial score (nSPS) is 16.3. The standard InChI is InChI=1S/C24H25N3O3/c1-18-10-8-9-15-26(18)23(28)17-30-24(29)22-16-21(19-11-4-2-5-12-19)25-27(22)20-13-6-3-7-14-20/h2-7,11-14,16,18H,8-10,15,17H2,1H3/t18-/m0/s1. The van der Waals surface area contributed by atoms with Crippen molar-refractivity contribution in [1.82, 2.24) is 14.7 Å². The van der Waals surface area contributed by atoms with Gasteiger partial charge in [-0.2, -0.15) is 5.10 Å². The lowest BCUT2D eigenvalue weighted by atomic mass is 10.0. The highest BCUT2D eigenvalue weighted by molar-refractivity contribution is 5.91. The predicted octanol–water partition coefficient (Wildman–Crippen LogP) is 4.10. The quantitative estimate of drug-likeness (QED) is 0.602. The summed E-state index contributed by atoms with van der Waals surface area (Å²) in [5.41, 5.74) is 2.61. The van der Waals surface area contributed by atoms with Gasteiger partial charge in [0.2, 0.25) is 0 Å². The SMILES string of the molecule is C[C@H]1CCCCN1C(=O)COC(=O)c1cc(-c2ccccc2)nn1-c1ccccc1. The lowest BCUT2D eigenvalue weighted by molar-refractivity contribution is -0.137. The van der Waals surface area contributed by atoms with Gasteiger partial charge in [0, 0.05) is 18.2 Å². The Labute approximate surface area is 176 Å². The Morgan fingerprint density at radius 1 is 1.03 bits per heavy atom. The number of amides is 1. The molecule has 2 heterocycles. The van der Waals surface area contributed by atoms with Gasteiger partial charge in [-0.25, -0.2) is 9.48 Å². The van der Waals surface area contributed by atoms with Crippen molar-refractivity contribution in [3.63, 3.8) is 0 Å². The minimum atomic E-state index is -0.563. The average Bonchev–Trinajstić information content (AvgIpc) is 3.24. The van der Waals surface area contributed by atoms with E-state index in [9.17, 15) is 9.59 Å². The Kier molecular flexibility index (Phi) is 5.93. The molecule has 1 aromatic heterocycles. The van der Waals surface area contributed by atoms with E-state index in [2.05, 4.69) is 5.10 Å². The summed E-state index contributed by atoms with van der Waals surface area (Å²) in [4.78, 5) is 27.3. The molecule has 1 aliphatic rings. The third kappa shape index (κ3) is 4.27. The number of esters is 1. The molecule has 30 heavy (non-hydrogen) atoms. The van der Waals surface area contributed by atoms with Crippen LogP contribution in [0.4, 0.5) is 0 Å². The molecule has 3 aromatic rings. The second-order valence-electron chi connectivity index (χ2n) is 7.54. The predicted molar refractivity (Wildman–Crippen MR) is 114 cm³/mol. The number of nitrogens with zero attached hydrogens (tertiary/aromatic N) is 3. The van der Waals surface area contributed by atoms with Gasteiger partial charge < -0.3 is 9.64 Å². The van der Waals surface area contributed by atoms with Crippen molar-refractivity contribution in [3.8, 4) is 16.9 Å². The van der Waals surface area contributed by atoms with Gasteiger partial charge in [-0.05, 0) is 44.4 Å². The highest BCUT2D eigenvalue weighted by atomic mass is 16.5. The Morgan fingerprint density at radius 2 is 1.73 bits per heavy atom. The summed E-state index contributed by atoms with van der Waals surface area (Å²) < 4.78 is 6.98. The number of ether oxygens (including phenoxy) is 1. The number of rotatable bonds is 5. The van der Waals surface area contributed by atoms with Gasteiger partial charge in [0.05, 0.1) is 11.4 Å². The van der Waals surface area contributed by atoms with Crippen LogP contribution in [0.1, 0.15) is 36.7 Å². The highest BCUT2D eigenvalue weighted by Crippen LogP contribution is 2.22. The summed E-state index contributed by atoms with van der Waals surface area (Å²) in [5, 5.41) is 4.62. The van der Waals surface area contributed by atoms with Crippen molar-refractivity contribution in [2.24, 2.45) is 0 Å². The second-order valence-corrected chi connectivity index (χ2v) is 7.54. The molecule has 1 fully saturated rings. The molecule has 0 spiro atoms. The molecule has 6 nitrogen and oxygen atoms in total. The molecular formula is C24H25N3O3. The summed E-state index contributed by atoms with van der Waals surface area (Å²) in [5.74, 6) is -0.712. The lowest BCUT2D eigenvalue weighted by Gasteiger charge is -2.33. The zero-order valence-corrected chi connectivity index (χ0v) is 17.0. The number of carbonyl (C=O) groups is 2. The maximum atomic E-state index is 12.9. The Balaban J connectivity index is 1.56. The van der Waals surface area contributed by atoms with Crippen LogP contribution in [0, 0.1) is 0 Å². The first kappa shape index (κ1) is 19.9. The molecule has 6 heteroatoms. The zero-order chi connectivity index (χ0) is 20.9. The molecule has 1 aliphatic heterocycles. The van der Waals surface area contributed by atoms with Gasteiger partial charge in [0.25, 0.3) is 5.91 Å². The van der Waals surface area contributed by atoms with E-state index >= 15 is 0 Å². The number of aromatic nitrogens is 2. The van der Waals surface area contributed by atoms with Gasteiger partial charge in [-0.3, -0.25) is 4.79 Å². The molecule has 0 saturated carbocycles. The summed E-state index contributed by atoms with van der Waals surface area (Å²) >= 11 is 0. The molecule has 1 amide bonds. The van der Waals surface area contributed by atoms with E-state index in [1.165, 1.54) is 0 Å². The molecule has 0 radical (unpaired) electrons. The fraction of sp³-hybridized carbons (Fsp3) is 0.292. The van der Waals surface area contributed by atoms with Crippen LogP contribution in [-0.2, 0) is 9.53 Å². The molecule has 1 saturated heterocycles. The van der Waals surface area contributed by atoms with E-state index in [4.69, 9.17) is 4.74 Å². The van der Waals surface area contributed by atoms with Crippen molar-refractivity contribution in [3.05, 3.63) is 72.4 Å². The molecule has 0 bridgehead atoms. The number of benzene rings is 2. The fourth-order valence-electron chi connectivity index (χ4n) is 3.80. The summed E-state index contributed by atoms with van der Waals surface area (Å²) in [6, 6.07) is 21.0. The van der Waals surface area contributed by atoms with Gasteiger partial charge in [0.1, 0.15) is 0 Å². The van der Waals surface area contributed by atoms with Crippen LogP contribution in [0.25, 0.3) is 16.9 Å². The van der Waals surface area contributed by atoms with Crippen LogP contribution in [-0.4, -0.2) is 45.8 Å². The van der Waals surface area contributed by atoms with E-state index in [0.29, 0.717) is 11.4 Å². The number of hydrogen-bond acceptors (Lipinski definition) is 4. The van der Waals surface area contributed by atoms with E-state index in [1.807, 2.05) is 67.6 Å².